The standard InChI is InChI=1S/C24H22Cl2OS/c1-13-21(24(27)14-7-8-14)22(16-9-10-18(25)19(26)11-16)23-17-6-4-2-3-5-15(17)12-20(23)28-13/h9-12,14H,2-8H2,1H3. The molecule has 0 atom stereocenters. The second-order valence-corrected chi connectivity index (χ2v) is 10.2. The third kappa shape index (κ3) is 3.10. The first-order chi connectivity index (χ1) is 13.5. The molecule has 0 saturated heterocycles. The molecule has 1 aromatic carbocycles. The van der Waals surface area contributed by atoms with Gasteiger partial charge in [-0.05, 0) is 80.3 Å². The lowest BCUT2D eigenvalue weighted by molar-refractivity contribution is 0.0968. The van der Waals surface area contributed by atoms with Gasteiger partial charge in [-0.1, -0.05) is 35.7 Å². The Kier molecular flexibility index (Phi) is 4.77. The van der Waals surface area contributed by atoms with Gasteiger partial charge in [-0.3, -0.25) is 4.79 Å². The Morgan fingerprint density at radius 3 is 2.54 bits per heavy atom. The monoisotopic (exact) mass is 428 g/mol. The minimum atomic E-state index is 0.193. The summed E-state index contributed by atoms with van der Waals surface area (Å²) < 4.78 is 0. The molecule has 4 aliphatic rings. The van der Waals surface area contributed by atoms with Gasteiger partial charge in [-0.2, -0.15) is 0 Å². The van der Waals surface area contributed by atoms with E-state index in [0.29, 0.717) is 15.8 Å². The second kappa shape index (κ2) is 7.16. The Hall–Kier alpha value is -1.35. The molecule has 0 bridgehead atoms. The van der Waals surface area contributed by atoms with Crippen molar-refractivity contribution in [1.82, 2.24) is 0 Å². The lowest BCUT2D eigenvalue weighted by atomic mass is 9.89. The number of carbonyl (C=O) groups excluding carboxylic acids is 1. The summed E-state index contributed by atoms with van der Waals surface area (Å²) in [6, 6.07) is 8.18. The fourth-order valence-corrected chi connectivity index (χ4v) is 6.05. The van der Waals surface area contributed by atoms with Gasteiger partial charge in [0, 0.05) is 32.4 Å². The van der Waals surface area contributed by atoms with Crippen LogP contribution >= 0.6 is 34.5 Å². The maximum absolute atomic E-state index is 13.3. The molecule has 3 aliphatic carbocycles. The largest absolute Gasteiger partial charge is 0.294 e. The van der Waals surface area contributed by atoms with E-state index in [1.54, 1.807) is 11.3 Å². The van der Waals surface area contributed by atoms with Crippen LogP contribution in [0.2, 0.25) is 10.0 Å². The highest BCUT2D eigenvalue weighted by atomic mass is 35.5. The summed E-state index contributed by atoms with van der Waals surface area (Å²) in [6.07, 6.45) is 8.02. The van der Waals surface area contributed by atoms with Crippen molar-refractivity contribution in [2.45, 2.75) is 51.9 Å². The summed E-state index contributed by atoms with van der Waals surface area (Å²) in [4.78, 5) is 15.7. The molecule has 1 nitrogen and oxygen atoms in total. The summed E-state index contributed by atoms with van der Waals surface area (Å²) in [6.45, 7) is 2.10. The van der Waals surface area contributed by atoms with E-state index in [9.17, 15) is 4.79 Å². The van der Waals surface area contributed by atoms with Crippen LogP contribution in [-0.2, 0) is 12.8 Å². The van der Waals surface area contributed by atoms with Crippen molar-refractivity contribution in [3.05, 3.63) is 55.9 Å². The summed E-state index contributed by atoms with van der Waals surface area (Å²) in [7, 11) is 0. The predicted octanol–water partition coefficient (Wildman–Crippen LogP) is 8.00. The van der Waals surface area contributed by atoms with Crippen molar-refractivity contribution in [3.63, 3.8) is 0 Å². The number of aryl methyl sites for hydroxylation is 2. The molecule has 1 heterocycles. The molecule has 0 N–H and O–H groups in total. The van der Waals surface area contributed by atoms with Crippen molar-refractivity contribution in [1.29, 1.82) is 0 Å². The molecule has 144 valence electrons. The van der Waals surface area contributed by atoms with Gasteiger partial charge in [0.15, 0.2) is 5.78 Å². The molecular formula is C24H22Cl2OS. The first-order valence-electron chi connectivity index (χ1n) is 10.1. The molecule has 1 saturated carbocycles. The van der Waals surface area contributed by atoms with E-state index in [-0.39, 0.29) is 5.92 Å². The van der Waals surface area contributed by atoms with Gasteiger partial charge in [0.2, 0.25) is 0 Å². The van der Waals surface area contributed by atoms with Gasteiger partial charge in [0.05, 0.1) is 10.0 Å². The van der Waals surface area contributed by atoms with E-state index in [2.05, 4.69) is 13.0 Å². The summed E-state index contributed by atoms with van der Waals surface area (Å²) in [5.74, 6) is 0.499. The van der Waals surface area contributed by atoms with Crippen molar-refractivity contribution >= 4 is 40.3 Å². The Bertz CT molecular complexity index is 1060. The number of hydrogen-bond donors (Lipinski definition) is 0. The average molecular weight is 429 g/mol. The molecular weight excluding hydrogens is 407 g/mol. The molecule has 0 amide bonds. The van der Waals surface area contributed by atoms with Gasteiger partial charge in [-0.25, -0.2) is 0 Å². The molecule has 0 unspecified atom stereocenters. The summed E-state index contributed by atoms with van der Waals surface area (Å²) in [5.41, 5.74) is 7.22. The minimum absolute atomic E-state index is 0.193. The first-order valence-corrected chi connectivity index (χ1v) is 11.7. The third-order valence-corrected chi connectivity index (χ3v) is 7.92. The van der Waals surface area contributed by atoms with E-state index in [4.69, 9.17) is 23.2 Å². The molecule has 1 fully saturated rings. The highest BCUT2D eigenvalue weighted by molar-refractivity contribution is 7.15. The van der Waals surface area contributed by atoms with E-state index in [0.717, 1.165) is 47.3 Å². The number of rotatable bonds is 3. The van der Waals surface area contributed by atoms with Crippen LogP contribution in [0.4, 0.5) is 0 Å². The van der Waals surface area contributed by atoms with Crippen LogP contribution in [0.15, 0.2) is 24.3 Å². The quantitative estimate of drug-likeness (QED) is 0.305. The molecule has 5 rings (SSSR count). The number of benzene rings is 1. The summed E-state index contributed by atoms with van der Waals surface area (Å²) >= 11 is 14.4. The van der Waals surface area contributed by atoms with Crippen LogP contribution in [0, 0.1) is 12.8 Å². The second-order valence-electron chi connectivity index (χ2n) is 8.12. The van der Waals surface area contributed by atoms with Gasteiger partial charge < -0.3 is 0 Å². The number of fused-ring (bicyclic) bond motifs is 3. The number of hydrogen-bond acceptors (Lipinski definition) is 2. The van der Waals surface area contributed by atoms with Crippen LogP contribution in [0.25, 0.3) is 21.6 Å². The fraction of sp³-hybridized carbons (Fsp3) is 0.375. The molecule has 0 radical (unpaired) electrons. The van der Waals surface area contributed by atoms with E-state index in [1.165, 1.54) is 40.8 Å². The normalized spacial score (nSPS) is 16.8. The number of Topliss-reactive ketones (excluding diaryl/α,β-unsaturated/α-hetero) is 1. The van der Waals surface area contributed by atoms with E-state index >= 15 is 0 Å². The zero-order chi connectivity index (χ0) is 19.4. The highest BCUT2D eigenvalue weighted by Crippen LogP contribution is 2.50. The maximum atomic E-state index is 13.3. The molecule has 1 aromatic rings. The Labute approximate surface area is 180 Å². The lowest BCUT2D eigenvalue weighted by Crippen LogP contribution is -2.08. The number of carbonyl (C=O) groups is 1. The van der Waals surface area contributed by atoms with Crippen LogP contribution in [0.1, 0.15) is 58.5 Å². The Balaban J connectivity index is 1.85. The average Bonchev–Trinajstić information content (AvgIpc) is 3.48. The number of halogens is 2. The SMILES string of the molecule is Cc1sc2cc3c(c-2c(-c2ccc(Cl)c(Cl)c2)c1C(=O)C1CC1)CCCCC3. The molecule has 28 heavy (non-hydrogen) atoms. The van der Waals surface area contributed by atoms with Gasteiger partial charge in [-0.15, -0.1) is 11.3 Å². The topological polar surface area (TPSA) is 17.1 Å². The van der Waals surface area contributed by atoms with E-state index < -0.39 is 0 Å². The Morgan fingerprint density at radius 1 is 1.00 bits per heavy atom. The Morgan fingerprint density at radius 2 is 1.79 bits per heavy atom. The zero-order valence-electron chi connectivity index (χ0n) is 15.9. The van der Waals surface area contributed by atoms with Gasteiger partial charge >= 0.3 is 0 Å². The number of ketones is 1. The highest BCUT2D eigenvalue weighted by Gasteiger charge is 2.35. The molecule has 0 aromatic heterocycles. The van der Waals surface area contributed by atoms with Crippen LogP contribution in [-0.4, -0.2) is 5.78 Å². The van der Waals surface area contributed by atoms with Crippen LogP contribution in [0.5, 0.6) is 0 Å². The molecule has 1 aliphatic heterocycles. The van der Waals surface area contributed by atoms with E-state index in [1.807, 2.05) is 18.2 Å². The van der Waals surface area contributed by atoms with Gasteiger partial charge in [0.1, 0.15) is 0 Å². The zero-order valence-corrected chi connectivity index (χ0v) is 18.2. The van der Waals surface area contributed by atoms with Crippen LogP contribution in [0.3, 0.4) is 0 Å². The minimum Gasteiger partial charge on any atom is -0.294 e. The smallest absolute Gasteiger partial charge is 0.167 e. The fourth-order valence-electron chi connectivity index (χ4n) is 4.59. The maximum Gasteiger partial charge on any atom is 0.167 e. The van der Waals surface area contributed by atoms with Gasteiger partial charge in [0.25, 0.3) is 0 Å². The summed E-state index contributed by atoms with van der Waals surface area (Å²) in [5, 5.41) is 1.09. The van der Waals surface area contributed by atoms with Crippen molar-refractivity contribution in [2.75, 3.05) is 0 Å². The van der Waals surface area contributed by atoms with Crippen molar-refractivity contribution < 1.29 is 4.79 Å². The third-order valence-electron chi connectivity index (χ3n) is 6.13. The van der Waals surface area contributed by atoms with Crippen molar-refractivity contribution in [3.8, 4) is 21.6 Å². The van der Waals surface area contributed by atoms with Crippen molar-refractivity contribution in [2.24, 2.45) is 5.92 Å². The molecule has 0 spiro atoms. The lowest BCUT2D eigenvalue weighted by Gasteiger charge is -2.19. The molecule has 4 heteroatoms. The van der Waals surface area contributed by atoms with Crippen LogP contribution < -0.4 is 0 Å². The first kappa shape index (κ1) is 18.7. The predicted molar refractivity (Wildman–Crippen MR) is 119 cm³/mol.